The number of aromatic nitrogens is 2. The molecule has 3 aromatic rings. The molecule has 2 heterocycles. The fraction of sp³-hybridized carbons (Fsp3) is 0.105. The number of carbonyl (C=O) groups excluding carboxylic acids is 1. The van der Waals surface area contributed by atoms with Gasteiger partial charge in [0.1, 0.15) is 11.5 Å². The predicted octanol–water partition coefficient (Wildman–Crippen LogP) is 2.06. The van der Waals surface area contributed by atoms with Crippen LogP contribution in [-0.4, -0.2) is 29.6 Å². The van der Waals surface area contributed by atoms with E-state index in [1.807, 2.05) is 6.07 Å². The minimum absolute atomic E-state index is 0.0108. The molecule has 0 spiro atoms. The molecule has 0 bridgehead atoms. The van der Waals surface area contributed by atoms with Crippen molar-refractivity contribution in [1.82, 2.24) is 9.55 Å². The summed E-state index contributed by atoms with van der Waals surface area (Å²) in [6.07, 6.45) is 0. The van der Waals surface area contributed by atoms with Crippen molar-refractivity contribution in [3.05, 3.63) is 76.1 Å². The Bertz CT molecular complexity index is 1010. The maximum atomic E-state index is 12.8. The average Bonchev–Trinajstić information content (AvgIpc) is 2.68. The van der Waals surface area contributed by atoms with Crippen molar-refractivity contribution < 1.29 is 14.3 Å². The molecule has 3 rings (SSSR count). The van der Waals surface area contributed by atoms with E-state index in [4.69, 9.17) is 15.2 Å². The molecule has 2 N–H and O–H groups in total. The van der Waals surface area contributed by atoms with Crippen LogP contribution in [0.2, 0.25) is 0 Å². The highest BCUT2D eigenvalue weighted by molar-refractivity contribution is 6.11. The highest BCUT2D eigenvalue weighted by Gasteiger charge is 2.19. The van der Waals surface area contributed by atoms with Gasteiger partial charge in [-0.05, 0) is 12.1 Å². The zero-order chi connectivity index (χ0) is 18.7. The van der Waals surface area contributed by atoms with Crippen molar-refractivity contribution in [1.29, 1.82) is 0 Å². The third-order valence-electron chi connectivity index (χ3n) is 3.87. The van der Waals surface area contributed by atoms with Crippen molar-refractivity contribution in [2.75, 3.05) is 20.0 Å². The first-order valence-electron chi connectivity index (χ1n) is 7.77. The third-order valence-corrected chi connectivity index (χ3v) is 3.87. The summed E-state index contributed by atoms with van der Waals surface area (Å²) in [5.41, 5.74) is 6.78. The number of anilines is 1. The highest BCUT2D eigenvalue weighted by Crippen LogP contribution is 2.26. The van der Waals surface area contributed by atoms with E-state index in [2.05, 4.69) is 4.98 Å². The largest absolute Gasteiger partial charge is 0.481 e. The maximum absolute atomic E-state index is 12.8. The van der Waals surface area contributed by atoms with E-state index in [1.165, 1.54) is 30.9 Å². The molecule has 132 valence electrons. The number of nitrogens with two attached hydrogens (primary N) is 1. The fourth-order valence-electron chi connectivity index (χ4n) is 2.59. The number of nitrogens with zero attached hydrogens (tertiary/aromatic N) is 2. The summed E-state index contributed by atoms with van der Waals surface area (Å²) in [6.45, 7) is 0. The Balaban J connectivity index is 2.18. The van der Waals surface area contributed by atoms with Crippen LogP contribution in [0.15, 0.2) is 59.4 Å². The number of hydrogen-bond acceptors (Lipinski definition) is 6. The fourth-order valence-corrected chi connectivity index (χ4v) is 2.59. The van der Waals surface area contributed by atoms with Crippen LogP contribution in [0.3, 0.4) is 0 Å². The number of pyridine rings is 2. The molecule has 0 atom stereocenters. The van der Waals surface area contributed by atoms with Crippen LogP contribution in [0.1, 0.15) is 15.9 Å². The molecule has 0 saturated carbocycles. The third kappa shape index (κ3) is 3.02. The average molecular weight is 351 g/mol. The summed E-state index contributed by atoms with van der Waals surface area (Å²) in [5.74, 6) is 0.213. The number of ketones is 1. The summed E-state index contributed by atoms with van der Waals surface area (Å²) >= 11 is 0. The SMILES string of the molecule is COc1ccc(-n2c(N)c(C(=O)c3ccccc3)ccc2=O)c(OC)n1. The number of nitrogen functional groups attached to an aromatic ring is 1. The summed E-state index contributed by atoms with van der Waals surface area (Å²) in [5, 5.41) is 0. The number of methoxy groups -OCH3 is 2. The minimum Gasteiger partial charge on any atom is -0.481 e. The first-order chi connectivity index (χ1) is 12.6. The van der Waals surface area contributed by atoms with E-state index in [9.17, 15) is 9.59 Å². The standard InChI is InChI=1S/C19H17N3O4/c1-25-15-10-9-14(19(21-15)26-2)22-16(23)11-8-13(18(22)20)17(24)12-6-4-3-5-7-12/h3-11H,20H2,1-2H3. The van der Waals surface area contributed by atoms with Crippen LogP contribution in [0.4, 0.5) is 5.82 Å². The second-order valence-corrected chi connectivity index (χ2v) is 5.38. The summed E-state index contributed by atoms with van der Waals surface area (Å²) in [7, 11) is 2.90. The van der Waals surface area contributed by atoms with E-state index < -0.39 is 5.56 Å². The van der Waals surface area contributed by atoms with Crippen molar-refractivity contribution in [2.24, 2.45) is 0 Å². The molecular formula is C19H17N3O4. The van der Waals surface area contributed by atoms with E-state index in [0.717, 1.165) is 0 Å². The summed E-state index contributed by atoms with van der Waals surface area (Å²) < 4.78 is 11.5. The number of hydrogen-bond donors (Lipinski definition) is 1. The molecule has 26 heavy (non-hydrogen) atoms. The Morgan fingerprint density at radius 3 is 2.38 bits per heavy atom. The Hall–Kier alpha value is -3.61. The summed E-state index contributed by atoms with van der Waals surface area (Å²) in [6, 6.07) is 14.6. The van der Waals surface area contributed by atoms with E-state index >= 15 is 0 Å². The van der Waals surface area contributed by atoms with Gasteiger partial charge in [0.25, 0.3) is 5.56 Å². The lowest BCUT2D eigenvalue weighted by Crippen LogP contribution is -2.24. The molecule has 0 amide bonds. The van der Waals surface area contributed by atoms with Crippen molar-refractivity contribution >= 4 is 11.6 Å². The molecule has 0 unspecified atom stereocenters. The number of benzene rings is 1. The van der Waals surface area contributed by atoms with Crippen molar-refractivity contribution in [2.45, 2.75) is 0 Å². The van der Waals surface area contributed by atoms with Crippen LogP contribution in [0, 0.1) is 0 Å². The van der Waals surface area contributed by atoms with Gasteiger partial charge in [-0.1, -0.05) is 30.3 Å². The van der Waals surface area contributed by atoms with Crippen molar-refractivity contribution in [3.63, 3.8) is 0 Å². The molecule has 0 aliphatic carbocycles. The Morgan fingerprint density at radius 1 is 1.00 bits per heavy atom. The smallest absolute Gasteiger partial charge is 0.256 e. The zero-order valence-electron chi connectivity index (χ0n) is 14.3. The van der Waals surface area contributed by atoms with Crippen LogP contribution in [-0.2, 0) is 0 Å². The second-order valence-electron chi connectivity index (χ2n) is 5.38. The molecule has 2 aromatic heterocycles. The van der Waals surface area contributed by atoms with Crippen LogP contribution >= 0.6 is 0 Å². The highest BCUT2D eigenvalue weighted by atomic mass is 16.5. The van der Waals surface area contributed by atoms with Crippen LogP contribution in [0.25, 0.3) is 5.69 Å². The molecule has 1 aromatic carbocycles. The Morgan fingerprint density at radius 2 is 1.73 bits per heavy atom. The van der Waals surface area contributed by atoms with Gasteiger partial charge < -0.3 is 15.2 Å². The van der Waals surface area contributed by atoms with E-state index in [0.29, 0.717) is 17.1 Å². The van der Waals surface area contributed by atoms with Gasteiger partial charge >= 0.3 is 0 Å². The molecule has 0 aliphatic heterocycles. The van der Waals surface area contributed by atoms with Crippen LogP contribution < -0.4 is 20.8 Å². The Labute approximate surface area is 149 Å². The predicted molar refractivity (Wildman–Crippen MR) is 97.2 cm³/mol. The first kappa shape index (κ1) is 17.2. The van der Waals surface area contributed by atoms with Gasteiger partial charge in [0, 0.05) is 17.7 Å². The van der Waals surface area contributed by atoms with Gasteiger partial charge in [0.05, 0.1) is 19.8 Å². The number of carbonyl (C=O) groups is 1. The second kappa shape index (κ2) is 7.10. The zero-order valence-corrected chi connectivity index (χ0v) is 14.3. The molecule has 0 fully saturated rings. The number of rotatable bonds is 5. The quantitative estimate of drug-likeness (QED) is 0.707. The van der Waals surface area contributed by atoms with Gasteiger partial charge in [-0.15, -0.1) is 0 Å². The summed E-state index contributed by atoms with van der Waals surface area (Å²) in [4.78, 5) is 29.3. The lowest BCUT2D eigenvalue weighted by molar-refractivity contribution is 0.103. The molecule has 0 radical (unpaired) electrons. The molecule has 0 aliphatic rings. The normalized spacial score (nSPS) is 10.4. The lowest BCUT2D eigenvalue weighted by Gasteiger charge is -2.15. The Kier molecular flexibility index (Phi) is 4.70. The van der Waals surface area contributed by atoms with Gasteiger partial charge in [-0.3, -0.25) is 14.2 Å². The first-order valence-corrected chi connectivity index (χ1v) is 7.77. The lowest BCUT2D eigenvalue weighted by atomic mass is 10.0. The van der Waals surface area contributed by atoms with Gasteiger partial charge in [-0.25, -0.2) is 0 Å². The van der Waals surface area contributed by atoms with Crippen LogP contribution in [0.5, 0.6) is 11.8 Å². The topological polar surface area (TPSA) is 96.4 Å². The molecular weight excluding hydrogens is 334 g/mol. The number of ether oxygens (including phenoxy) is 2. The van der Waals surface area contributed by atoms with E-state index in [-0.39, 0.29) is 23.0 Å². The maximum Gasteiger partial charge on any atom is 0.256 e. The molecule has 7 heteroatoms. The molecule has 7 nitrogen and oxygen atoms in total. The van der Waals surface area contributed by atoms with Gasteiger partial charge in [0.15, 0.2) is 5.78 Å². The molecule has 0 saturated heterocycles. The van der Waals surface area contributed by atoms with E-state index in [1.54, 1.807) is 36.4 Å². The van der Waals surface area contributed by atoms with Gasteiger partial charge in [0.2, 0.25) is 11.8 Å². The minimum atomic E-state index is -0.405. The van der Waals surface area contributed by atoms with Crippen molar-refractivity contribution in [3.8, 4) is 17.4 Å². The monoisotopic (exact) mass is 351 g/mol. The van der Waals surface area contributed by atoms with Gasteiger partial charge in [-0.2, -0.15) is 4.98 Å².